The second-order valence-electron chi connectivity index (χ2n) is 8.46. The zero-order valence-corrected chi connectivity index (χ0v) is 20.1. The summed E-state index contributed by atoms with van der Waals surface area (Å²) in [4.78, 5) is 35.8. The average Bonchev–Trinajstić information content (AvgIpc) is 3.37. The molecule has 7 nitrogen and oxygen atoms in total. The minimum atomic E-state index is -0.903. The number of imidazole rings is 1. The van der Waals surface area contributed by atoms with Gasteiger partial charge in [0.15, 0.2) is 0 Å². The Balaban J connectivity index is 1.72. The van der Waals surface area contributed by atoms with E-state index in [1.807, 2.05) is 26.0 Å². The monoisotopic (exact) mass is 487 g/mol. The van der Waals surface area contributed by atoms with Crippen LogP contribution in [0.15, 0.2) is 66.2 Å². The summed E-state index contributed by atoms with van der Waals surface area (Å²) in [5, 5.41) is 11.7. The number of rotatable bonds is 4. The van der Waals surface area contributed by atoms with E-state index in [1.54, 1.807) is 55.6 Å². The number of nitrogens with one attached hydrogen (secondary N) is 1. The highest BCUT2D eigenvalue weighted by Gasteiger charge is 2.48. The number of hydrogen-bond donors (Lipinski definition) is 2. The quantitative estimate of drug-likeness (QED) is 0.226. The van der Waals surface area contributed by atoms with E-state index in [2.05, 4.69) is 9.97 Å². The maximum Gasteiger partial charge on any atom is 0.302 e. The highest BCUT2D eigenvalue weighted by atomic mass is 35.5. The molecule has 1 amide bonds. The smallest absolute Gasteiger partial charge is 0.302 e. The molecule has 1 aliphatic rings. The first-order valence-electron chi connectivity index (χ1n) is 11.0. The maximum atomic E-state index is 13.3. The Morgan fingerprint density at radius 3 is 2.34 bits per heavy atom. The number of aromatic nitrogens is 2. The lowest BCUT2D eigenvalue weighted by atomic mass is 9.95. The van der Waals surface area contributed by atoms with Gasteiger partial charge in [-0.3, -0.25) is 14.5 Å². The molecule has 8 heteroatoms. The van der Waals surface area contributed by atoms with Gasteiger partial charge < -0.3 is 14.8 Å². The molecule has 3 aromatic carbocycles. The predicted octanol–water partition coefficient (Wildman–Crippen LogP) is 5.47. The number of aliphatic hydroxyl groups excluding tert-OH is 1. The van der Waals surface area contributed by atoms with Crippen molar-refractivity contribution >= 4 is 46.0 Å². The zero-order valence-electron chi connectivity index (χ0n) is 19.3. The van der Waals surface area contributed by atoms with Crippen LogP contribution in [0, 0.1) is 13.8 Å². The van der Waals surface area contributed by atoms with E-state index < -0.39 is 17.7 Å². The van der Waals surface area contributed by atoms with Crippen LogP contribution in [0.3, 0.4) is 0 Å². The Hall–Kier alpha value is -4.10. The number of halogens is 1. The number of Topliss-reactive ketones (excluding diaryl/α,β-unsaturated/α-hetero) is 1. The Bertz CT molecular complexity index is 1470. The molecule has 0 saturated carbocycles. The molecular weight excluding hydrogens is 466 g/mol. The first kappa shape index (κ1) is 22.7. The number of aromatic amines is 1. The lowest BCUT2D eigenvalue weighted by molar-refractivity contribution is -0.132. The van der Waals surface area contributed by atoms with Gasteiger partial charge in [0.05, 0.1) is 29.8 Å². The van der Waals surface area contributed by atoms with Crippen LogP contribution in [0.2, 0.25) is 5.02 Å². The molecule has 176 valence electrons. The normalized spacial score (nSPS) is 17.4. The van der Waals surface area contributed by atoms with Crippen LogP contribution in [0.5, 0.6) is 5.75 Å². The van der Waals surface area contributed by atoms with Gasteiger partial charge in [-0.25, -0.2) is 4.98 Å². The number of amides is 1. The molecule has 1 unspecified atom stereocenters. The molecule has 2 heterocycles. The third-order valence-corrected chi connectivity index (χ3v) is 6.56. The number of benzene rings is 3. The van der Waals surface area contributed by atoms with Gasteiger partial charge in [-0.15, -0.1) is 0 Å². The minimum Gasteiger partial charge on any atom is -0.507 e. The molecule has 35 heavy (non-hydrogen) atoms. The van der Waals surface area contributed by atoms with E-state index >= 15 is 0 Å². The number of methoxy groups -OCH3 is 1. The van der Waals surface area contributed by atoms with Crippen molar-refractivity contribution in [3.8, 4) is 5.75 Å². The van der Waals surface area contributed by atoms with Crippen LogP contribution in [-0.2, 0) is 9.59 Å². The number of ether oxygens (including phenoxy) is 1. The molecule has 5 rings (SSSR count). The Kier molecular flexibility index (Phi) is 5.57. The van der Waals surface area contributed by atoms with Crippen molar-refractivity contribution in [3.63, 3.8) is 0 Å². The second-order valence-corrected chi connectivity index (χ2v) is 8.90. The number of H-pyrrole nitrogens is 1. The first-order chi connectivity index (χ1) is 16.8. The van der Waals surface area contributed by atoms with Gasteiger partial charge in [0.25, 0.3) is 5.78 Å². The standard InChI is InChI=1S/C27H22ClN3O4/c1-14-12-20-21(13-15(14)2)30-27(29-20)31-23(16-6-10-19(35-3)11-7-16)22(25(33)26(31)34)24(32)17-4-8-18(28)9-5-17/h4-13,23,32H,1-3H3,(H,29,30)/b24-22+. The van der Waals surface area contributed by atoms with Crippen LogP contribution in [0.25, 0.3) is 16.8 Å². The minimum absolute atomic E-state index is 0.0321. The number of aliphatic hydroxyl groups is 1. The van der Waals surface area contributed by atoms with Crippen molar-refractivity contribution in [1.29, 1.82) is 0 Å². The fraction of sp³-hybridized carbons (Fsp3) is 0.148. The summed E-state index contributed by atoms with van der Waals surface area (Å²) >= 11 is 5.99. The molecule has 1 saturated heterocycles. The summed E-state index contributed by atoms with van der Waals surface area (Å²) in [5.41, 5.74) is 4.52. The van der Waals surface area contributed by atoms with Crippen LogP contribution in [0.1, 0.15) is 28.3 Å². The highest BCUT2D eigenvalue weighted by molar-refractivity contribution is 6.51. The molecule has 0 aliphatic carbocycles. The molecular formula is C27H22ClN3O4. The molecule has 1 aromatic heterocycles. The van der Waals surface area contributed by atoms with Crippen molar-refractivity contribution in [2.75, 3.05) is 12.0 Å². The molecule has 1 atom stereocenters. The molecule has 4 aromatic rings. The zero-order chi connectivity index (χ0) is 24.9. The number of hydrogen-bond acceptors (Lipinski definition) is 5. The highest BCUT2D eigenvalue weighted by Crippen LogP contribution is 2.42. The van der Waals surface area contributed by atoms with Gasteiger partial charge in [0, 0.05) is 10.6 Å². The van der Waals surface area contributed by atoms with Gasteiger partial charge in [-0.2, -0.15) is 0 Å². The summed E-state index contributed by atoms with van der Waals surface area (Å²) in [6, 6.07) is 16.4. The Morgan fingerprint density at radius 2 is 1.69 bits per heavy atom. The SMILES string of the molecule is COc1ccc(C2/C(=C(\O)c3ccc(Cl)cc3)C(=O)C(=O)N2c2nc3cc(C)c(C)cc3[nH]2)cc1. The summed E-state index contributed by atoms with van der Waals surface area (Å²) in [6.07, 6.45) is 0. The van der Waals surface area contributed by atoms with Crippen molar-refractivity contribution < 1.29 is 19.4 Å². The fourth-order valence-electron chi connectivity index (χ4n) is 4.29. The van der Waals surface area contributed by atoms with E-state index in [9.17, 15) is 14.7 Å². The maximum absolute atomic E-state index is 13.3. The number of carbonyl (C=O) groups excluding carboxylic acids is 2. The average molecular weight is 488 g/mol. The topological polar surface area (TPSA) is 95.5 Å². The third-order valence-electron chi connectivity index (χ3n) is 6.31. The van der Waals surface area contributed by atoms with Crippen LogP contribution >= 0.6 is 11.6 Å². The summed E-state index contributed by atoms with van der Waals surface area (Å²) in [7, 11) is 1.56. The largest absolute Gasteiger partial charge is 0.507 e. The molecule has 0 spiro atoms. The number of fused-ring (bicyclic) bond motifs is 1. The molecule has 1 fully saturated rings. The van der Waals surface area contributed by atoms with Crippen molar-refractivity contribution in [2.45, 2.75) is 19.9 Å². The summed E-state index contributed by atoms with van der Waals surface area (Å²) in [5.74, 6) is -1.02. The van der Waals surface area contributed by atoms with E-state index in [1.165, 1.54) is 4.90 Å². The van der Waals surface area contributed by atoms with Gasteiger partial charge in [-0.1, -0.05) is 23.7 Å². The number of carbonyl (C=O) groups is 2. The Morgan fingerprint density at radius 1 is 1.03 bits per heavy atom. The first-order valence-corrected chi connectivity index (χ1v) is 11.3. The van der Waals surface area contributed by atoms with E-state index in [4.69, 9.17) is 16.3 Å². The van der Waals surface area contributed by atoms with Gasteiger partial charge in [0.1, 0.15) is 11.5 Å². The second kappa shape index (κ2) is 8.60. The molecule has 0 radical (unpaired) electrons. The fourth-order valence-corrected chi connectivity index (χ4v) is 4.41. The number of ketones is 1. The molecule has 1 aliphatic heterocycles. The van der Waals surface area contributed by atoms with E-state index in [-0.39, 0.29) is 17.3 Å². The van der Waals surface area contributed by atoms with Crippen LogP contribution in [0.4, 0.5) is 5.95 Å². The predicted molar refractivity (Wildman–Crippen MR) is 135 cm³/mol. The number of anilines is 1. The molecule has 0 bridgehead atoms. The van der Waals surface area contributed by atoms with Crippen molar-refractivity contribution in [1.82, 2.24) is 9.97 Å². The van der Waals surface area contributed by atoms with Gasteiger partial charge in [0.2, 0.25) is 5.95 Å². The lowest BCUT2D eigenvalue weighted by Crippen LogP contribution is -2.30. The summed E-state index contributed by atoms with van der Waals surface area (Å²) < 4.78 is 5.26. The number of nitrogens with zero attached hydrogens (tertiary/aromatic N) is 2. The van der Waals surface area contributed by atoms with Crippen molar-refractivity contribution in [3.05, 3.63) is 93.5 Å². The third kappa shape index (κ3) is 3.84. The molecule has 2 N–H and O–H groups in total. The lowest BCUT2D eigenvalue weighted by Gasteiger charge is -2.23. The van der Waals surface area contributed by atoms with Gasteiger partial charge >= 0.3 is 5.91 Å². The summed E-state index contributed by atoms with van der Waals surface area (Å²) in [6.45, 7) is 3.98. The van der Waals surface area contributed by atoms with Gasteiger partial charge in [-0.05, 0) is 79.1 Å². The van der Waals surface area contributed by atoms with Crippen LogP contribution < -0.4 is 9.64 Å². The van der Waals surface area contributed by atoms with E-state index in [0.717, 1.165) is 16.6 Å². The van der Waals surface area contributed by atoms with Crippen molar-refractivity contribution in [2.24, 2.45) is 0 Å². The Labute approximate surface area is 206 Å². The number of aryl methyl sites for hydroxylation is 2. The van der Waals surface area contributed by atoms with E-state index in [0.29, 0.717) is 27.4 Å². The van der Waals surface area contributed by atoms with Crippen LogP contribution in [-0.4, -0.2) is 33.9 Å².